The summed E-state index contributed by atoms with van der Waals surface area (Å²) < 4.78 is 0.584. The Labute approximate surface area is 126 Å². The first-order chi connectivity index (χ1) is 9.88. The van der Waals surface area contributed by atoms with Gasteiger partial charge in [0.1, 0.15) is 0 Å². The summed E-state index contributed by atoms with van der Waals surface area (Å²) in [4.78, 5) is 35.2. The predicted molar refractivity (Wildman–Crippen MR) is 76.5 cm³/mol. The monoisotopic (exact) mass is 353 g/mol. The van der Waals surface area contributed by atoms with Crippen LogP contribution in [0, 0.1) is 10.1 Å². The molecule has 0 aliphatic heterocycles. The lowest BCUT2D eigenvalue weighted by atomic mass is 10.2. The normalized spacial score (nSPS) is 10.1. The molecule has 1 aromatic heterocycles. The van der Waals surface area contributed by atoms with Crippen LogP contribution in [0.3, 0.4) is 0 Å². The number of halogens is 1. The molecular formula is C12H8BrN3O5. The summed E-state index contributed by atoms with van der Waals surface area (Å²) in [6.07, 6.45) is 0. The van der Waals surface area contributed by atoms with E-state index in [-0.39, 0.29) is 22.8 Å². The Morgan fingerprint density at radius 2 is 2.00 bits per heavy atom. The number of aromatic amines is 1. The van der Waals surface area contributed by atoms with Crippen LogP contribution >= 0.6 is 15.9 Å². The van der Waals surface area contributed by atoms with E-state index in [9.17, 15) is 19.7 Å². The van der Waals surface area contributed by atoms with Crippen LogP contribution in [0.1, 0.15) is 20.8 Å². The summed E-state index contributed by atoms with van der Waals surface area (Å²) >= 11 is 3.17. The number of H-pyrrole nitrogens is 1. The molecule has 0 radical (unpaired) electrons. The minimum absolute atomic E-state index is 0.0435. The second kappa shape index (κ2) is 5.75. The number of hydrogen-bond donors (Lipinski definition) is 3. The Balaban J connectivity index is 2.28. The molecule has 2 aromatic rings. The van der Waals surface area contributed by atoms with Crippen LogP contribution in [-0.4, -0.2) is 26.9 Å². The Morgan fingerprint density at radius 3 is 2.57 bits per heavy atom. The molecule has 1 heterocycles. The third kappa shape index (κ3) is 3.26. The van der Waals surface area contributed by atoms with E-state index >= 15 is 0 Å². The number of anilines is 1. The molecule has 9 heteroatoms. The molecule has 0 fully saturated rings. The highest BCUT2D eigenvalue weighted by atomic mass is 79.9. The quantitative estimate of drug-likeness (QED) is 0.575. The number of carboxylic acid groups (broad SMARTS) is 1. The van der Waals surface area contributed by atoms with Crippen LogP contribution in [0.5, 0.6) is 0 Å². The molecule has 3 N–H and O–H groups in total. The molecule has 0 aliphatic carbocycles. The molecule has 0 atom stereocenters. The number of hydrogen-bond acceptors (Lipinski definition) is 4. The van der Waals surface area contributed by atoms with Gasteiger partial charge in [-0.25, -0.2) is 9.78 Å². The topological polar surface area (TPSA) is 125 Å². The fourth-order valence-corrected chi connectivity index (χ4v) is 1.98. The number of carbonyl (C=O) groups is 2. The Bertz CT molecular complexity index is 740. The zero-order valence-corrected chi connectivity index (χ0v) is 11.9. The first-order valence-electron chi connectivity index (χ1n) is 5.56. The van der Waals surface area contributed by atoms with Crippen molar-refractivity contribution in [1.29, 1.82) is 0 Å². The summed E-state index contributed by atoms with van der Waals surface area (Å²) in [7, 11) is 0. The highest BCUT2D eigenvalue weighted by Crippen LogP contribution is 2.22. The number of amides is 1. The highest BCUT2D eigenvalue weighted by Gasteiger charge is 2.18. The maximum atomic E-state index is 12.0. The van der Waals surface area contributed by atoms with Crippen LogP contribution in [0.4, 0.5) is 11.5 Å². The number of carbonyl (C=O) groups excluding carboxylic acids is 1. The third-order valence-corrected chi connectivity index (χ3v) is 3.07. The molecule has 0 aliphatic rings. The molecule has 1 amide bonds. The van der Waals surface area contributed by atoms with Gasteiger partial charge in [-0.15, -0.1) is 0 Å². The van der Waals surface area contributed by atoms with Gasteiger partial charge in [0.2, 0.25) is 0 Å². The van der Waals surface area contributed by atoms with E-state index in [1.54, 1.807) is 0 Å². The maximum absolute atomic E-state index is 12.0. The van der Waals surface area contributed by atoms with Gasteiger partial charge in [-0.2, -0.15) is 0 Å². The minimum Gasteiger partial charge on any atom is -0.478 e. The number of aromatic carboxylic acids is 1. The Morgan fingerprint density at radius 1 is 1.29 bits per heavy atom. The van der Waals surface area contributed by atoms with Gasteiger partial charge in [0.25, 0.3) is 5.91 Å². The van der Waals surface area contributed by atoms with Crippen molar-refractivity contribution in [3.8, 4) is 0 Å². The van der Waals surface area contributed by atoms with Gasteiger partial charge in [-0.05, 0) is 29.2 Å². The lowest BCUT2D eigenvalue weighted by Crippen LogP contribution is -2.15. The first-order valence-corrected chi connectivity index (χ1v) is 6.35. The van der Waals surface area contributed by atoms with Crippen LogP contribution in [0.25, 0.3) is 0 Å². The molecule has 0 saturated carbocycles. The second-order valence-electron chi connectivity index (χ2n) is 3.96. The van der Waals surface area contributed by atoms with Gasteiger partial charge >= 0.3 is 11.8 Å². The average Bonchev–Trinajstić information content (AvgIpc) is 2.88. The van der Waals surface area contributed by atoms with Gasteiger partial charge in [-0.3, -0.25) is 4.79 Å². The van der Waals surface area contributed by atoms with Crippen LogP contribution in [0.2, 0.25) is 0 Å². The van der Waals surface area contributed by atoms with E-state index in [4.69, 9.17) is 5.11 Å². The maximum Gasteiger partial charge on any atom is 0.337 e. The van der Waals surface area contributed by atoms with E-state index < -0.39 is 16.8 Å². The molecule has 0 saturated heterocycles. The molecule has 8 nitrogen and oxygen atoms in total. The zero-order chi connectivity index (χ0) is 15.6. The molecule has 0 unspecified atom stereocenters. The molecule has 0 bridgehead atoms. The Hall–Kier alpha value is -2.68. The van der Waals surface area contributed by atoms with Crippen molar-refractivity contribution in [1.82, 2.24) is 4.98 Å². The zero-order valence-electron chi connectivity index (χ0n) is 10.3. The summed E-state index contributed by atoms with van der Waals surface area (Å²) in [6, 6.07) is 6.68. The van der Waals surface area contributed by atoms with Crippen molar-refractivity contribution < 1.29 is 19.6 Å². The summed E-state index contributed by atoms with van der Waals surface area (Å²) in [5.41, 5.74) is -0.0512. The number of nitrogens with one attached hydrogen (secondary N) is 2. The van der Waals surface area contributed by atoms with Crippen molar-refractivity contribution in [3.05, 3.63) is 56.2 Å². The van der Waals surface area contributed by atoms with Crippen molar-refractivity contribution in [2.24, 2.45) is 0 Å². The van der Waals surface area contributed by atoms with Crippen LogP contribution in [-0.2, 0) is 0 Å². The molecular weight excluding hydrogens is 346 g/mol. The van der Waals surface area contributed by atoms with E-state index in [2.05, 4.69) is 26.2 Å². The molecule has 1 aromatic carbocycles. The average molecular weight is 354 g/mol. The van der Waals surface area contributed by atoms with Crippen LogP contribution < -0.4 is 5.32 Å². The molecule has 0 spiro atoms. The molecule has 2 rings (SSSR count). The third-order valence-electron chi connectivity index (χ3n) is 2.57. The standard InChI is InChI=1S/C12H8BrN3O5/c13-6-1-2-7(12(18)19)9(5-6)15-11(17)8-3-4-10(14-8)16(20)21/h1-5,14H,(H,15,17)(H,18,19). The fourth-order valence-electron chi connectivity index (χ4n) is 1.62. The Kier molecular flexibility index (Phi) is 4.03. The number of aromatic nitrogens is 1. The molecule has 21 heavy (non-hydrogen) atoms. The van der Waals surface area contributed by atoms with E-state index in [0.29, 0.717) is 4.47 Å². The highest BCUT2D eigenvalue weighted by molar-refractivity contribution is 9.10. The van der Waals surface area contributed by atoms with E-state index in [1.807, 2.05) is 0 Å². The predicted octanol–water partition coefficient (Wildman–Crippen LogP) is 2.64. The largest absolute Gasteiger partial charge is 0.478 e. The lowest BCUT2D eigenvalue weighted by Gasteiger charge is -2.07. The van der Waals surface area contributed by atoms with Gasteiger partial charge in [0.05, 0.1) is 11.3 Å². The van der Waals surface area contributed by atoms with E-state index in [1.165, 1.54) is 24.3 Å². The van der Waals surface area contributed by atoms with Crippen molar-refractivity contribution >= 4 is 39.3 Å². The number of rotatable bonds is 4. The SMILES string of the molecule is O=C(Nc1cc(Br)ccc1C(=O)O)c1ccc([N+](=O)[O-])[nH]1. The van der Waals surface area contributed by atoms with E-state index in [0.717, 1.165) is 6.07 Å². The summed E-state index contributed by atoms with van der Waals surface area (Å²) in [5.74, 6) is -2.20. The summed E-state index contributed by atoms with van der Waals surface area (Å²) in [5, 5.41) is 22.0. The number of nitrogens with zero attached hydrogens (tertiary/aromatic N) is 1. The van der Waals surface area contributed by atoms with Gasteiger partial charge in [0, 0.05) is 10.5 Å². The van der Waals surface area contributed by atoms with Crippen LogP contribution in [0.15, 0.2) is 34.8 Å². The number of carboxylic acids is 1. The number of benzene rings is 1. The minimum atomic E-state index is -1.20. The summed E-state index contributed by atoms with van der Waals surface area (Å²) in [6.45, 7) is 0. The van der Waals surface area contributed by atoms with Crippen molar-refractivity contribution in [3.63, 3.8) is 0 Å². The lowest BCUT2D eigenvalue weighted by molar-refractivity contribution is -0.389. The van der Waals surface area contributed by atoms with Gasteiger partial charge in [-0.1, -0.05) is 15.9 Å². The molecule has 108 valence electrons. The van der Waals surface area contributed by atoms with Crippen molar-refractivity contribution in [2.75, 3.05) is 5.32 Å². The van der Waals surface area contributed by atoms with Gasteiger partial charge < -0.3 is 20.5 Å². The van der Waals surface area contributed by atoms with Gasteiger partial charge in [0.15, 0.2) is 5.69 Å². The smallest absolute Gasteiger partial charge is 0.337 e. The second-order valence-corrected chi connectivity index (χ2v) is 4.88. The fraction of sp³-hybridized carbons (Fsp3) is 0. The first kappa shape index (κ1) is 14.7. The van der Waals surface area contributed by atoms with Crippen molar-refractivity contribution in [2.45, 2.75) is 0 Å². The number of nitro groups is 1.